The molecule has 0 aliphatic rings. The maximum atomic E-state index is 12.8. The first-order valence-electron chi connectivity index (χ1n) is 30.2. The number of carbonyl (C=O) groups is 2. The van der Waals surface area contributed by atoms with Gasteiger partial charge in [-0.2, -0.15) is 0 Å². The number of carbonyl (C=O) groups excluding carboxylic acids is 2. The van der Waals surface area contributed by atoms with Crippen molar-refractivity contribution in [3.63, 3.8) is 0 Å². The maximum absolute atomic E-state index is 12.8. The fraction of sp³-hybridized carbons (Fsp3) is 0.841. The minimum absolute atomic E-state index is 0.0693. The summed E-state index contributed by atoms with van der Waals surface area (Å²) in [5.41, 5.74) is 0. The van der Waals surface area contributed by atoms with E-state index in [2.05, 4.69) is 69.4 Å². The van der Waals surface area contributed by atoms with Gasteiger partial charge in [0.05, 0.1) is 6.61 Å². The molecule has 0 unspecified atom stereocenters. The van der Waals surface area contributed by atoms with Crippen LogP contribution in [0.1, 0.15) is 316 Å². The Balaban J connectivity index is 4.29. The monoisotopic (exact) mass is 953 g/mol. The van der Waals surface area contributed by atoms with Crippen molar-refractivity contribution in [3.05, 3.63) is 48.6 Å². The number of unbranched alkanes of at least 4 members (excludes halogenated alkanes) is 37. The minimum Gasteiger partial charge on any atom is -0.462 e. The van der Waals surface area contributed by atoms with Crippen molar-refractivity contribution in [2.24, 2.45) is 0 Å². The highest BCUT2D eigenvalue weighted by molar-refractivity contribution is 5.70. The molecule has 5 nitrogen and oxygen atoms in total. The molecule has 0 spiro atoms. The predicted molar refractivity (Wildman–Crippen MR) is 298 cm³/mol. The lowest BCUT2D eigenvalue weighted by molar-refractivity contribution is -0.162. The predicted octanol–water partition coefficient (Wildman–Crippen LogP) is 20.7. The van der Waals surface area contributed by atoms with Gasteiger partial charge in [0.2, 0.25) is 0 Å². The van der Waals surface area contributed by atoms with E-state index in [0.29, 0.717) is 19.4 Å². The van der Waals surface area contributed by atoms with E-state index in [-0.39, 0.29) is 25.2 Å². The number of ether oxygens (including phenoxy) is 3. The van der Waals surface area contributed by atoms with Crippen molar-refractivity contribution >= 4 is 11.9 Å². The average molecular weight is 954 g/mol. The standard InChI is InChI=1S/C63H116O5/c1-4-7-10-13-16-19-22-25-28-31-32-34-35-38-41-44-47-50-53-56-62(64)67-60-61(59-66-58-55-52-49-46-43-40-37-30-27-24-21-18-15-12-9-6-3)68-63(65)57-54-51-48-45-42-39-36-33-29-26-23-20-17-14-11-8-5-2/h17,20,26,29,36,39,45,48,61H,4-16,18-19,21-25,27-28,30-35,37-38,40-44,46-47,49-60H2,1-3H3/b20-17-,29-26-,39-36-,48-45-/t61-/m1/s1. The zero-order valence-corrected chi connectivity index (χ0v) is 45.9. The molecule has 0 rings (SSSR count). The Labute approximate surface area is 424 Å². The molecule has 0 fully saturated rings. The summed E-state index contributed by atoms with van der Waals surface area (Å²) < 4.78 is 17.5. The van der Waals surface area contributed by atoms with Crippen molar-refractivity contribution in [1.29, 1.82) is 0 Å². The number of hydrogen-bond acceptors (Lipinski definition) is 5. The molecule has 398 valence electrons. The van der Waals surface area contributed by atoms with Crippen LogP contribution in [0.2, 0.25) is 0 Å². The molecule has 0 aromatic carbocycles. The molecule has 0 aliphatic carbocycles. The Morgan fingerprint density at radius 1 is 0.324 bits per heavy atom. The van der Waals surface area contributed by atoms with Crippen molar-refractivity contribution in [1.82, 2.24) is 0 Å². The van der Waals surface area contributed by atoms with Gasteiger partial charge in [0.15, 0.2) is 6.10 Å². The second-order valence-corrected chi connectivity index (χ2v) is 20.3. The fourth-order valence-corrected chi connectivity index (χ4v) is 8.86. The van der Waals surface area contributed by atoms with E-state index in [1.165, 1.54) is 225 Å². The van der Waals surface area contributed by atoms with Gasteiger partial charge >= 0.3 is 11.9 Å². The number of hydrogen-bond donors (Lipinski definition) is 0. The van der Waals surface area contributed by atoms with Crippen molar-refractivity contribution < 1.29 is 23.8 Å². The van der Waals surface area contributed by atoms with E-state index in [1.807, 2.05) is 0 Å². The van der Waals surface area contributed by atoms with Crippen molar-refractivity contribution in [3.8, 4) is 0 Å². The van der Waals surface area contributed by atoms with Crippen LogP contribution in [0, 0.1) is 0 Å². The number of rotatable bonds is 56. The Bertz CT molecular complexity index is 1120. The smallest absolute Gasteiger partial charge is 0.306 e. The summed E-state index contributed by atoms with van der Waals surface area (Å²) in [5.74, 6) is -0.442. The van der Waals surface area contributed by atoms with E-state index in [4.69, 9.17) is 14.2 Å². The molecular weight excluding hydrogens is 837 g/mol. The minimum atomic E-state index is -0.561. The summed E-state index contributed by atoms with van der Waals surface area (Å²) in [7, 11) is 0. The Kier molecular flexibility index (Phi) is 57.3. The summed E-state index contributed by atoms with van der Waals surface area (Å²) >= 11 is 0. The summed E-state index contributed by atoms with van der Waals surface area (Å²) in [5, 5.41) is 0. The van der Waals surface area contributed by atoms with E-state index in [9.17, 15) is 9.59 Å². The first-order valence-corrected chi connectivity index (χ1v) is 30.2. The van der Waals surface area contributed by atoms with Crippen LogP contribution in [-0.4, -0.2) is 37.9 Å². The lowest BCUT2D eigenvalue weighted by Gasteiger charge is -2.18. The summed E-state index contributed by atoms with van der Waals surface area (Å²) in [6, 6.07) is 0. The van der Waals surface area contributed by atoms with Crippen LogP contribution in [0.15, 0.2) is 48.6 Å². The normalized spacial score (nSPS) is 12.5. The Hall–Kier alpha value is -2.14. The van der Waals surface area contributed by atoms with Gasteiger partial charge in [0.1, 0.15) is 6.61 Å². The van der Waals surface area contributed by atoms with Crippen LogP contribution in [0.4, 0.5) is 0 Å². The molecule has 0 saturated carbocycles. The summed E-state index contributed by atoms with van der Waals surface area (Å²) in [4.78, 5) is 25.5. The average Bonchev–Trinajstić information content (AvgIpc) is 3.34. The largest absolute Gasteiger partial charge is 0.462 e. The summed E-state index contributed by atoms with van der Waals surface area (Å²) in [6.45, 7) is 7.81. The zero-order chi connectivity index (χ0) is 49.2. The molecule has 68 heavy (non-hydrogen) atoms. The molecule has 1 atom stereocenters. The number of allylic oxidation sites excluding steroid dienone is 8. The zero-order valence-electron chi connectivity index (χ0n) is 45.9. The highest BCUT2D eigenvalue weighted by Crippen LogP contribution is 2.17. The van der Waals surface area contributed by atoms with Gasteiger partial charge in [0.25, 0.3) is 0 Å². The van der Waals surface area contributed by atoms with Crippen LogP contribution >= 0.6 is 0 Å². The van der Waals surface area contributed by atoms with Gasteiger partial charge in [0, 0.05) is 19.4 Å². The van der Waals surface area contributed by atoms with Crippen LogP contribution < -0.4 is 0 Å². The van der Waals surface area contributed by atoms with Crippen molar-refractivity contribution in [2.75, 3.05) is 19.8 Å². The SMILES string of the molecule is CCCCC/C=C\C/C=C\C/C=C\C/C=C\CCCC(=O)O[C@H](COCCCCCCCCCCCCCCCCCC)COC(=O)CCCCCCCCCCCCCCCCCCCCC. The van der Waals surface area contributed by atoms with Crippen LogP contribution in [0.5, 0.6) is 0 Å². The van der Waals surface area contributed by atoms with Gasteiger partial charge in [-0.15, -0.1) is 0 Å². The molecule has 0 heterocycles. The van der Waals surface area contributed by atoms with Crippen LogP contribution in [-0.2, 0) is 23.8 Å². The molecule has 0 N–H and O–H groups in total. The first-order chi connectivity index (χ1) is 33.6. The number of esters is 2. The van der Waals surface area contributed by atoms with Gasteiger partial charge < -0.3 is 14.2 Å². The van der Waals surface area contributed by atoms with Crippen LogP contribution in [0.25, 0.3) is 0 Å². The maximum Gasteiger partial charge on any atom is 0.306 e. The van der Waals surface area contributed by atoms with E-state index in [0.717, 1.165) is 57.8 Å². The third kappa shape index (κ3) is 56.4. The third-order valence-electron chi connectivity index (χ3n) is 13.4. The van der Waals surface area contributed by atoms with Gasteiger partial charge in [-0.3, -0.25) is 9.59 Å². The molecule has 5 heteroatoms. The highest BCUT2D eigenvalue weighted by Gasteiger charge is 2.17. The van der Waals surface area contributed by atoms with E-state index >= 15 is 0 Å². The molecule has 0 aliphatic heterocycles. The first kappa shape index (κ1) is 65.9. The lowest BCUT2D eigenvalue weighted by atomic mass is 10.0. The second kappa shape index (κ2) is 59.2. The molecule has 0 bridgehead atoms. The van der Waals surface area contributed by atoms with Gasteiger partial charge in [-0.1, -0.05) is 294 Å². The van der Waals surface area contributed by atoms with Gasteiger partial charge in [-0.05, 0) is 57.8 Å². The molecule has 0 amide bonds. The van der Waals surface area contributed by atoms with Gasteiger partial charge in [-0.25, -0.2) is 0 Å². The Morgan fingerprint density at radius 2 is 0.632 bits per heavy atom. The molecule has 0 aromatic heterocycles. The highest BCUT2D eigenvalue weighted by atomic mass is 16.6. The third-order valence-corrected chi connectivity index (χ3v) is 13.4. The van der Waals surface area contributed by atoms with Crippen molar-refractivity contribution in [2.45, 2.75) is 322 Å². The van der Waals surface area contributed by atoms with E-state index in [1.54, 1.807) is 0 Å². The van der Waals surface area contributed by atoms with E-state index < -0.39 is 6.10 Å². The lowest BCUT2D eigenvalue weighted by Crippen LogP contribution is -2.30. The topological polar surface area (TPSA) is 61.8 Å². The quantitative estimate of drug-likeness (QED) is 0.0345. The van der Waals surface area contributed by atoms with Crippen LogP contribution in [0.3, 0.4) is 0 Å². The summed E-state index contributed by atoms with van der Waals surface area (Å²) in [6.07, 6.45) is 74.3. The molecular formula is C63H116O5. The second-order valence-electron chi connectivity index (χ2n) is 20.3. The Morgan fingerprint density at radius 3 is 1.03 bits per heavy atom. The molecule has 0 radical (unpaired) electrons. The fourth-order valence-electron chi connectivity index (χ4n) is 8.86. The molecule has 0 saturated heterocycles. The molecule has 0 aromatic rings.